The first-order valence-corrected chi connectivity index (χ1v) is 10.7. The Hall–Kier alpha value is -2.05. The van der Waals surface area contributed by atoms with Crippen LogP contribution >= 0.6 is 27.5 Å². The molecular formula is C22H26BrClN2O3. The molecule has 1 N–H and O–H groups in total. The highest BCUT2D eigenvalue weighted by molar-refractivity contribution is 9.10. The molecule has 2 amide bonds. The van der Waals surface area contributed by atoms with E-state index in [9.17, 15) is 9.59 Å². The number of nitrogens with zero attached hydrogens (tertiary/aromatic N) is 1. The highest BCUT2D eigenvalue weighted by Gasteiger charge is 2.26. The maximum absolute atomic E-state index is 13.0. The molecule has 2 aromatic carbocycles. The number of carbonyl (C=O) groups excluding carboxylic acids is 2. The van der Waals surface area contributed by atoms with Crippen molar-refractivity contribution in [2.75, 3.05) is 13.2 Å². The summed E-state index contributed by atoms with van der Waals surface area (Å²) in [6, 6.07) is 12.2. The third-order valence-corrected chi connectivity index (χ3v) is 5.77. The van der Waals surface area contributed by atoms with Gasteiger partial charge in [0, 0.05) is 22.6 Å². The first-order valence-electron chi connectivity index (χ1n) is 9.53. The number of hydrogen-bond donors (Lipinski definition) is 1. The van der Waals surface area contributed by atoms with Crippen molar-refractivity contribution in [3.8, 4) is 5.75 Å². The zero-order valence-corrected chi connectivity index (χ0v) is 19.2. The lowest BCUT2D eigenvalue weighted by Crippen LogP contribution is -2.49. The summed E-state index contributed by atoms with van der Waals surface area (Å²) >= 11 is 9.72. The van der Waals surface area contributed by atoms with Gasteiger partial charge in [-0.05, 0) is 55.7 Å². The molecule has 2 rings (SSSR count). The van der Waals surface area contributed by atoms with Gasteiger partial charge >= 0.3 is 0 Å². The van der Waals surface area contributed by atoms with Gasteiger partial charge in [-0.15, -0.1) is 0 Å². The van der Waals surface area contributed by atoms with Crippen LogP contribution in [0.3, 0.4) is 0 Å². The largest absolute Gasteiger partial charge is 0.484 e. The van der Waals surface area contributed by atoms with Gasteiger partial charge in [0.25, 0.3) is 5.91 Å². The van der Waals surface area contributed by atoms with Crippen LogP contribution in [0, 0.1) is 6.92 Å². The molecule has 0 aliphatic rings. The van der Waals surface area contributed by atoms with Crippen LogP contribution in [0.2, 0.25) is 5.02 Å². The molecule has 156 valence electrons. The van der Waals surface area contributed by atoms with Crippen LogP contribution in [0.25, 0.3) is 0 Å². The van der Waals surface area contributed by atoms with Gasteiger partial charge in [0.15, 0.2) is 6.61 Å². The Labute approximate surface area is 185 Å². The normalized spacial score (nSPS) is 11.6. The number of amides is 2. The van der Waals surface area contributed by atoms with E-state index in [0.717, 1.165) is 22.0 Å². The molecule has 0 bridgehead atoms. The molecule has 1 atom stereocenters. The Morgan fingerprint density at radius 2 is 1.97 bits per heavy atom. The Morgan fingerprint density at radius 3 is 2.62 bits per heavy atom. The van der Waals surface area contributed by atoms with Crippen LogP contribution in [0.4, 0.5) is 0 Å². The topological polar surface area (TPSA) is 58.6 Å². The van der Waals surface area contributed by atoms with E-state index in [-0.39, 0.29) is 25.0 Å². The highest BCUT2D eigenvalue weighted by Crippen LogP contribution is 2.22. The Balaban J connectivity index is 2.15. The maximum atomic E-state index is 13.0. The van der Waals surface area contributed by atoms with Gasteiger partial charge in [0.1, 0.15) is 11.8 Å². The molecule has 0 aromatic heterocycles. The lowest BCUT2D eigenvalue weighted by atomic mass is 10.1. The molecule has 0 heterocycles. The predicted octanol–water partition coefficient (Wildman–Crippen LogP) is 4.73. The van der Waals surface area contributed by atoms with Crippen LogP contribution in [0.15, 0.2) is 46.9 Å². The fourth-order valence-corrected chi connectivity index (χ4v) is 3.17. The van der Waals surface area contributed by atoms with Crippen molar-refractivity contribution in [1.82, 2.24) is 10.2 Å². The van der Waals surface area contributed by atoms with Crippen LogP contribution in [-0.4, -0.2) is 35.9 Å². The van der Waals surface area contributed by atoms with Crippen LogP contribution in [0.1, 0.15) is 31.4 Å². The average Bonchev–Trinajstić information content (AvgIpc) is 2.71. The third-order valence-electron chi connectivity index (χ3n) is 4.51. The summed E-state index contributed by atoms with van der Waals surface area (Å²) in [7, 11) is 0. The number of hydrogen-bond acceptors (Lipinski definition) is 3. The summed E-state index contributed by atoms with van der Waals surface area (Å²) in [6.07, 6.45) is 0.822. The first kappa shape index (κ1) is 23.2. The SMILES string of the molecule is CCCNC(=O)C(C)N(Cc1ccccc1Cl)C(=O)COc1ccc(Br)c(C)c1. The van der Waals surface area contributed by atoms with Gasteiger partial charge in [-0.25, -0.2) is 0 Å². The second-order valence-corrected chi connectivity index (χ2v) is 8.04. The van der Waals surface area contributed by atoms with Crippen molar-refractivity contribution in [1.29, 1.82) is 0 Å². The van der Waals surface area contributed by atoms with Crippen molar-refractivity contribution in [2.45, 2.75) is 39.8 Å². The Bertz CT molecular complexity index is 860. The lowest BCUT2D eigenvalue weighted by Gasteiger charge is -2.29. The summed E-state index contributed by atoms with van der Waals surface area (Å²) in [4.78, 5) is 27.0. The van der Waals surface area contributed by atoms with Crippen molar-refractivity contribution < 1.29 is 14.3 Å². The smallest absolute Gasteiger partial charge is 0.261 e. The molecule has 0 radical (unpaired) electrons. The minimum Gasteiger partial charge on any atom is -0.484 e. The highest BCUT2D eigenvalue weighted by atomic mass is 79.9. The summed E-state index contributed by atoms with van der Waals surface area (Å²) < 4.78 is 6.66. The minimum absolute atomic E-state index is 0.170. The molecule has 0 spiro atoms. The van der Waals surface area contributed by atoms with Crippen LogP contribution in [-0.2, 0) is 16.1 Å². The molecule has 29 heavy (non-hydrogen) atoms. The van der Waals surface area contributed by atoms with E-state index in [2.05, 4.69) is 21.2 Å². The maximum Gasteiger partial charge on any atom is 0.261 e. The van der Waals surface area contributed by atoms with Gasteiger partial charge in [-0.1, -0.05) is 52.7 Å². The number of rotatable bonds is 9. The summed E-state index contributed by atoms with van der Waals surface area (Å²) in [5.74, 6) is 0.108. The van der Waals surface area contributed by atoms with E-state index < -0.39 is 6.04 Å². The molecular weight excluding hydrogens is 456 g/mol. The number of carbonyl (C=O) groups is 2. The van der Waals surface area contributed by atoms with E-state index >= 15 is 0 Å². The number of benzene rings is 2. The third kappa shape index (κ3) is 6.75. The van der Waals surface area contributed by atoms with Crippen molar-refractivity contribution >= 4 is 39.3 Å². The summed E-state index contributed by atoms with van der Waals surface area (Å²) in [6.45, 7) is 6.25. The molecule has 0 fully saturated rings. The number of halogens is 2. The molecule has 0 saturated carbocycles. The van der Waals surface area contributed by atoms with E-state index in [0.29, 0.717) is 17.3 Å². The van der Waals surface area contributed by atoms with Crippen molar-refractivity contribution in [2.24, 2.45) is 0 Å². The van der Waals surface area contributed by atoms with Crippen LogP contribution in [0.5, 0.6) is 5.75 Å². The molecule has 2 aromatic rings. The molecule has 5 nitrogen and oxygen atoms in total. The van der Waals surface area contributed by atoms with Crippen molar-refractivity contribution in [3.63, 3.8) is 0 Å². The Morgan fingerprint density at radius 1 is 1.24 bits per heavy atom. The number of ether oxygens (including phenoxy) is 1. The average molecular weight is 482 g/mol. The fraction of sp³-hybridized carbons (Fsp3) is 0.364. The zero-order chi connectivity index (χ0) is 21.4. The molecule has 7 heteroatoms. The summed E-state index contributed by atoms with van der Waals surface area (Å²) in [5.41, 5.74) is 1.78. The Kier molecular flexibility index (Phi) is 8.99. The van der Waals surface area contributed by atoms with Gasteiger partial charge < -0.3 is 15.0 Å². The molecule has 0 aliphatic heterocycles. The predicted molar refractivity (Wildman–Crippen MR) is 119 cm³/mol. The van der Waals surface area contributed by atoms with Gasteiger partial charge in [-0.3, -0.25) is 9.59 Å². The lowest BCUT2D eigenvalue weighted by molar-refractivity contribution is -0.142. The molecule has 0 aliphatic carbocycles. The fourth-order valence-electron chi connectivity index (χ4n) is 2.72. The standard InChI is InChI=1S/C22H26BrClN2O3/c1-4-11-25-22(28)16(3)26(13-17-7-5-6-8-20(17)24)21(27)14-29-18-9-10-19(23)15(2)12-18/h5-10,12,16H,4,11,13-14H2,1-3H3,(H,25,28). The second kappa shape index (κ2) is 11.2. The van der Waals surface area contributed by atoms with Crippen LogP contribution < -0.4 is 10.1 Å². The van der Waals surface area contributed by atoms with E-state index in [1.54, 1.807) is 19.1 Å². The molecule has 0 saturated heterocycles. The molecule has 1 unspecified atom stereocenters. The second-order valence-electron chi connectivity index (χ2n) is 6.78. The zero-order valence-electron chi connectivity index (χ0n) is 16.9. The van der Waals surface area contributed by atoms with Gasteiger partial charge in [0.05, 0.1) is 0 Å². The summed E-state index contributed by atoms with van der Waals surface area (Å²) in [5, 5.41) is 3.40. The number of aryl methyl sites for hydroxylation is 1. The van der Waals surface area contributed by atoms with E-state index in [1.807, 2.05) is 44.2 Å². The van der Waals surface area contributed by atoms with Gasteiger partial charge in [-0.2, -0.15) is 0 Å². The van der Waals surface area contributed by atoms with Crippen molar-refractivity contribution in [3.05, 3.63) is 63.1 Å². The van der Waals surface area contributed by atoms with E-state index in [1.165, 1.54) is 4.90 Å². The van der Waals surface area contributed by atoms with Gasteiger partial charge in [0.2, 0.25) is 5.91 Å². The monoisotopic (exact) mass is 480 g/mol. The number of nitrogens with one attached hydrogen (secondary N) is 1. The quantitative estimate of drug-likeness (QED) is 0.563. The minimum atomic E-state index is -0.652. The first-order chi connectivity index (χ1) is 13.8. The van der Waals surface area contributed by atoms with E-state index in [4.69, 9.17) is 16.3 Å².